The molecule has 0 saturated carbocycles. The predicted octanol–water partition coefficient (Wildman–Crippen LogP) is 5.97. The van der Waals surface area contributed by atoms with Crippen LogP contribution in [0.3, 0.4) is 0 Å². The fourth-order valence-electron chi connectivity index (χ4n) is 4.93. The van der Waals surface area contributed by atoms with Crippen LogP contribution in [0.15, 0.2) is 24.3 Å². The normalized spacial score (nSPS) is 19.7. The molecule has 2 nitrogen and oxygen atoms in total. The van der Waals surface area contributed by atoms with E-state index in [0.717, 1.165) is 11.5 Å². The molecule has 0 aromatic heterocycles. The molecule has 2 aliphatic carbocycles. The molecular weight excluding hydrogens is 327 g/mol. The van der Waals surface area contributed by atoms with Crippen LogP contribution < -0.4 is 9.05 Å². The maximum Gasteiger partial charge on any atom is 0.293 e. The van der Waals surface area contributed by atoms with Crippen LogP contribution in [0.2, 0.25) is 0 Å². The largest absolute Gasteiger partial charge is 0.438 e. The van der Waals surface area contributed by atoms with Crippen LogP contribution in [0, 0.1) is 13.8 Å². The van der Waals surface area contributed by atoms with Crippen molar-refractivity contribution in [3.63, 3.8) is 0 Å². The van der Waals surface area contributed by atoms with Gasteiger partial charge in [-0.1, -0.05) is 26.0 Å². The highest BCUT2D eigenvalue weighted by atomic mass is 31.2. The van der Waals surface area contributed by atoms with Crippen molar-refractivity contribution in [2.75, 3.05) is 0 Å². The van der Waals surface area contributed by atoms with Crippen LogP contribution in [-0.2, 0) is 18.3 Å². The Morgan fingerprint density at radius 1 is 0.840 bits per heavy atom. The molecule has 1 heterocycles. The van der Waals surface area contributed by atoms with Gasteiger partial charge in [0.2, 0.25) is 0 Å². The molecule has 2 aromatic carbocycles. The first-order chi connectivity index (χ1) is 12.0. The number of hydrogen-bond donors (Lipinski definition) is 0. The second-order valence-electron chi connectivity index (χ2n) is 8.19. The first-order valence-electron chi connectivity index (χ1n) is 9.41. The number of hydrogen-bond acceptors (Lipinski definition) is 2. The van der Waals surface area contributed by atoms with Gasteiger partial charge in [-0.25, -0.2) is 0 Å². The molecule has 0 amide bonds. The molecule has 0 unspecified atom stereocenters. The minimum absolute atomic E-state index is 0.181. The topological polar surface area (TPSA) is 18.5 Å². The summed E-state index contributed by atoms with van der Waals surface area (Å²) in [5.74, 6) is 2.05. The third-order valence-corrected chi connectivity index (χ3v) is 7.87. The van der Waals surface area contributed by atoms with Crippen molar-refractivity contribution in [1.29, 1.82) is 0 Å². The highest BCUT2D eigenvalue weighted by Gasteiger charge is 2.46. The summed E-state index contributed by atoms with van der Waals surface area (Å²) in [4.78, 5) is 0. The van der Waals surface area contributed by atoms with Gasteiger partial charge in [-0.3, -0.25) is 0 Å². The molecule has 0 radical (unpaired) electrons. The van der Waals surface area contributed by atoms with Gasteiger partial charge in [0.25, 0.3) is 8.38 Å². The van der Waals surface area contributed by atoms with E-state index >= 15 is 0 Å². The van der Waals surface area contributed by atoms with Gasteiger partial charge in [0.05, 0.1) is 0 Å². The van der Waals surface area contributed by atoms with E-state index in [4.69, 9.17) is 9.05 Å². The van der Waals surface area contributed by atoms with Crippen LogP contribution in [0.25, 0.3) is 0 Å². The molecular formula is C22H25O2P. The number of aryl methyl sites for hydroxylation is 4. The highest BCUT2D eigenvalue weighted by molar-refractivity contribution is 7.48. The Morgan fingerprint density at radius 2 is 1.32 bits per heavy atom. The molecule has 130 valence electrons. The van der Waals surface area contributed by atoms with Crippen LogP contribution in [0.5, 0.6) is 11.5 Å². The monoisotopic (exact) mass is 352 g/mol. The summed E-state index contributed by atoms with van der Waals surface area (Å²) in [6.07, 6.45) is 4.80. The quantitative estimate of drug-likeness (QED) is 0.588. The van der Waals surface area contributed by atoms with Gasteiger partial charge in [-0.05, 0) is 85.0 Å². The van der Waals surface area contributed by atoms with E-state index in [1.807, 2.05) is 0 Å². The molecule has 1 aliphatic heterocycles. The molecule has 0 fully saturated rings. The molecule has 5 rings (SSSR count). The van der Waals surface area contributed by atoms with Crippen molar-refractivity contribution in [2.24, 2.45) is 0 Å². The summed E-state index contributed by atoms with van der Waals surface area (Å²) >= 11 is 0. The summed E-state index contributed by atoms with van der Waals surface area (Å²) in [5.41, 5.74) is 9.09. The van der Waals surface area contributed by atoms with Gasteiger partial charge in [0.15, 0.2) is 0 Å². The van der Waals surface area contributed by atoms with Crippen LogP contribution in [0.4, 0.5) is 0 Å². The summed E-state index contributed by atoms with van der Waals surface area (Å²) in [6.45, 7) is 8.72. The van der Waals surface area contributed by atoms with E-state index < -0.39 is 8.38 Å². The minimum atomic E-state index is -0.999. The number of fused-ring (bicyclic) bond motifs is 2. The van der Waals surface area contributed by atoms with Crippen molar-refractivity contribution in [1.82, 2.24) is 0 Å². The van der Waals surface area contributed by atoms with Crippen molar-refractivity contribution in [3.8, 4) is 11.5 Å². The van der Waals surface area contributed by atoms with E-state index in [9.17, 15) is 0 Å². The SMILES string of the molecule is Cc1cc2c3cc1OP(C(C)C)Oc1cc4c(cc1C)CCC34CC2. The maximum atomic E-state index is 6.46. The van der Waals surface area contributed by atoms with Gasteiger partial charge in [0.1, 0.15) is 11.5 Å². The molecule has 0 atom stereocenters. The second-order valence-corrected chi connectivity index (χ2v) is 10.2. The van der Waals surface area contributed by atoms with E-state index in [1.165, 1.54) is 59.1 Å². The van der Waals surface area contributed by atoms with Crippen LogP contribution >= 0.6 is 8.38 Å². The van der Waals surface area contributed by atoms with Crippen molar-refractivity contribution in [2.45, 2.75) is 64.5 Å². The Hall–Kier alpha value is -1.53. The summed E-state index contributed by atoms with van der Waals surface area (Å²) in [5, 5.41) is 0. The second kappa shape index (κ2) is 5.24. The third-order valence-electron chi connectivity index (χ3n) is 6.27. The van der Waals surface area contributed by atoms with E-state index in [-0.39, 0.29) is 5.41 Å². The lowest BCUT2D eigenvalue weighted by Gasteiger charge is -2.31. The molecule has 4 bridgehead atoms. The molecule has 3 aliphatic rings. The average molecular weight is 352 g/mol. The van der Waals surface area contributed by atoms with Gasteiger partial charge in [-0.2, -0.15) is 0 Å². The van der Waals surface area contributed by atoms with Gasteiger partial charge < -0.3 is 9.05 Å². The summed E-state index contributed by atoms with van der Waals surface area (Å²) in [7, 11) is -0.999. The zero-order valence-electron chi connectivity index (χ0n) is 15.5. The fourth-order valence-corrected chi connectivity index (χ4v) is 6.17. The number of rotatable bonds is 1. The van der Waals surface area contributed by atoms with Gasteiger partial charge >= 0.3 is 0 Å². The molecule has 0 saturated heterocycles. The minimum Gasteiger partial charge on any atom is -0.438 e. The summed E-state index contributed by atoms with van der Waals surface area (Å²) in [6, 6.07) is 9.42. The lowest BCUT2D eigenvalue weighted by Crippen LogP contribution is -2.22. The Labute approximate surface area is 151 Å². The lowest BCUT2D eigenvalue weighted by molar-refractivity contribution is 0.464. The molecule has 25 heavy (non-hydrogen) atoms. The van der Waals surface area contributed by atoms with Gasteiger partial charge in [-0.15, -0.1) is 0 Å². The molecule has 2 aromatic rings. The molecule has 1 spiro atoms. The lowest BCUT2D eigenvalue weighted by atomic mass is 9.76. The zero-order valence-corrected chi connectivity index (χ0v) is 16.4. The molecule has 3 heteroatoms. The molecule has 0 N–H and O–H groups in total. The van der Waals surface area contributed by atoms with Crippen molar-refractivity contribution >= 4 is 8.38 Å². The Bertz CT molecular complexity index is 815. The third kappa shape index (κ3) is 2.13. The smallest absolute Gasteiger partial charge is 0.293 e. The highest BCUT2D eigenvalue weighted by Crippen LogP contribution is 2.57. The summed E-state index contributed by atoms with van der Waals surface area (Å²) < 4.78 is 12.9. The standard InChI is InChI=1S/C22H25O2P/c1-13(2)25-23-20-11-18-16(9-14(20)3)5-7-22(18)8-6-17-10-15(4)21(24-25)12-19(17)22/h9-13H,5-8H2,1-4H3. The number of benzene rings is 2. The Balaban J connectivity index is 1.80. The van der Waals surface area contributed by atoms with Crippen molar-refractivity contribution in [3.05, 3.63) is 57.6 Å². The van der Waals surface area contributed by atoms with Crippen LogP contribution in [-0.4, -0.2) is 5.66 Å². The van der Waals surface area contributed by atoms with Gasteiger partial charge in [0, 0.05) is 11.1 Å². The van der Waals surface area contributed by atoms with Crippen molar-refractivity contribution < 1.29 is 9.05 Å². The van der Waals surface area contributed by atoms with E-state index in [1.54, 1.807) is 0 Å². The zero-order chi connectivity index (χ0) is 17.3. The first kappa shape index (κ1) is 15.7. The van der Waals surface area contributed by atoms with E-state index in [2.05, 4.69) is 52.0 Å². The maximum absolute atomic E-state index is 6.46. The first-order valence-corrected chi connectivity index (χ1v) is 10.7. The Morgan fingerprint density at radius 3 is 1.76 bits per heavy atom. The van der Waals surface area contributed by atoms with E-state index in [0.29, 0.717) is 5.66 Å². The average Bonchev–Trinajstić information content (AvgIpc) is 3.10. The fraction of sp³-hybridized carbons (Fsp3) is 0.455. The predicted molar refractivity (Wildman–Crippen MR) is 103 cm³/mol. The van der Waals surface area contributed by atoms with Crippen LogP contribution in [0.1, 0.15) is 60.1 Å². The Kier molecular flexibility index (Phi) is 3.29.